The second-order valence-corrected chi connectivity index (χ2v) is 3.38. The van der Waals surface area contributed by atoms with E-state index in [9.17, 15) is 14.4 Å². The molecular weight excluding hydrogens is 200 g/mol. The number of likely N-dealkylation sites (tertiary alicyclic amines) is 1. The summed E-state index contributed by atoms with van der Waals surface area (Å²) in [6, 6.07) is -0.957. The number of hydrogen-bond acceptors (Lipinski definition) is 5. The summed E-state index contributed by atoms with van der Waals surface area (Å²) in [6.07, 6.45) is 1.24. The quantitative estimate of drug-likeness (QED) is 0.482. The highest BCUT2D eigenvalue weighted by Gasteiger charge is 2.29. The molecule has 1 aliphatic heterocycles. The number of carbonyl (C=O) groups is 3. The van der Waals surface area contributed by atoms with Crippen molar-refractivity contribution in [3.63, 3.8) is 0 Å². The van der Waals surface area contributed by atoms with Gasteiger partial charge in [0.25, 0.3) is 0 Å². The van der Waals surface area contributed by atoms with Crippen molar-refractivity contribution >= 4 is 17.8 Å². The van der Waals surface area contributed by atoms with Gasteiger partial charge in [-0.3, -0.25) is 19.3 Å². The average Bonchev–Trinajstić information content (AvgIpc) is 2.22. The Hall–Kier alpha value is -1.43. The van der Waals surface area contributed by atoms with Crippen molar-refractivity contribution < 1.29 is 19.1 Å². The van der Waals surface area contributed by atoms with Crippen LogP contribution in [-0.4, -0.2) is 42.4 Å². The van der Waals surface area contributed by atoms with Gasteiger partial charge >= 0.3 is 5.97 Å². The number of methoxy groups -OCH3 is 1. The Labute approximate surface area is 87.4 Å². The molecule has 0 aromatic heterocycles. The third-order valence-electron chi connectivity index (χ3n) is 2.27. The lowest BCUT2D eigenvalue weighted by Crippen LogP contribution is -2.49. The minimum Gasteiger partial charge on any atom is -0.468 e. The van der Waals surface area contributed by atoms with Gasteiger partial charge in [-0.25, -0.2) is 0 Å². The minimum atomic E-state index is -0.957. The number of esters is 1. The van der Waals surface area contributed by atoms with Crippen LogP contribution in [0.5, 0.6) is 0 Å². The Kier molecular flexibility index (Phi) is 3.79. The third kappa shape index (κ3) is 2.76. The fraction of sp³-hybridized carbons (Fsp3) is 0.667. The van der Waals surface area contributed by atoms with E-state index in [0.717, 1.165) is 4.90 Å². The van der Waals surface area contributed by atoms with Crippen LogP contribution < -0.4 is 5.73 Å². The Morgan fingerprint density at radius 1 is 1.47 bits per heavy atom. The highest BCUT2D eigenvalue weighted by Crippen LogP contribution is 2.12. The summed E-state index contributed by atoms with van der Waals surface area (Å²) in [6.45, 7) is -0.0929. The lowest BCUT2D eigenvalue weighted by atomic mass is 10.1. The minimum absolute atomic E-state index is 0.0929. The van der Waals surface area contributed by atoms with Crippen molar-refractivity contribution in [2.75, 3.05) is 13.7 Å². The van der Waals surface area contributed by atoms with Crippen LogP contribution in [-0.2, 0) is 19.1 Å². The maximum absolute atomic E-state index is 11.3. The van der Waals surface area contributed by atoms with Crippen LogP contribution >= 0.6 is 0 Å². The topological polar surface area (TPSA) is 89.7 Å². The van der Waals surface area contributed by atoms with Crippen molar-refractivity contribution in [3.8, 4) is 0 Å². The lowest BCUT2D eigenvalue weighted by Gasteiger charge is -2.26. The molecule has 1 unspecified atom stereocenters. The molecule has 0 bridgehead atoms. The van der Waals surface area contributed by atoms with Crippen molar-refractivity contribution in [3.05, 3.63) is 0 Å². The molecule has 0 aromatic rings. The van der Waals surface area contributed by atoms with Gasteiger partial charge in [-0.05, 0) is 6.42 Å². The fourth-order valence-corrected chi connectivity index (χ4v) is 1.43. The van der Waals surface area contributed by atoms with E-state index in [1.807, 2.05) is 0 Å². The van der Waals surface area contributed by atoms with Gasteiger partial charge in [0.2, 0.25) is 11.8 Å². The molecule has 1 fully saturated rings. The van der Waals surface area contributed by atoms with Gasteiger partial charge in [0.05, 0.1) is 13.7 Å². The average molecular weight is 214 g/mol. The number of hydrogen-bond donors (Lipinski definition) is 1. The highest BCUT2D eigenvalue weighted by atomic mass is 16.5. The zero-order valence-corrected chi connectivity index (χ0v) is 8.56. The van der Waals surface area contributed by atoms with Crippen LogP contribution in [0.25, 0.3) is 0 Å². The van der Waals surface area contributed by atoms with Crippen LogP contribution in [0.4, 0.5) is 0 Å². The molecule has 0 spiro atoms. The third-order valence-corrected chi connectivity index (χ3v) is 2.27. The molecular formula is C9H14N2O4. The van der Waals surface area contributed by atoms with Crippen molar-refractivity contribution in [2.45, 2.75) is 25.3 Å². The standard InChI is InChI=1S/C9H14N2O4/c1-15-9(14)6(10)5-11-7(12)3-2-4-8(11)13/h6H,2-5,10H2,1H3. The molecule has 6 nitrogen and oxygen atoms in total. The summed E-state index contributed by atoms with van der Waals surface area (Å²) < 4.78 is 4.41. The first-order valence-electron chi connectivity index (χ1n) is 4.73. The van der Waals surface area contributed by atoms with E-state index in [1.54, 1.807) is 0 Å². The predicted octanol–water partition coefficient (Wildman–Crippen LogP) is -0.974. The second-order valence-electron chi connectivity index (χ2n) is 3.38. The molecule has 0 radical (unpaired) electrons. The molecule has 1 atom stereocenters. The Balaban J connectivity index is 2.58. The van der Waals surface area contributed by atoms with Gasteiger partial charge in [-0.15, -0.1) is 0 Å². The number of amides is 2. The summed E-state index contributed by atoms with van der Waals surface area (Å²) >= 11 is 0. The Bertz CT molecular complexity index is 274. The predicted molar refractivity (Wildman–Crippen MR) is 50.6 cm³/mol. The molecule has 2 amide bonds. The maximum Gasteiger partial charge on any atom is 0.324 e. The van der Waals surface area contributed by atoms with Gasteiger partial charge in [-0.1, -0.05) is 0 Å². The van der Waals surface area contributed by atoms with E-state index in [-0.39, 0.29) is 18.4 Å². The molecule has 84 valence electrons. The maximum atomic E-state index is 11.3. The van der Waals surface area contributed by atoms with Gasteiger partial charge in [0.15, 0.2) is 0 Å². The summed E-state index contributed by atoms with van der Waals surface area (Å²) in [4.78, 5) is 34.7. The number of nitrogens with zero attached hydrogens (tertiary/aromatic N) is 1. The van der Waals surface area contributed by atoms with Crippen molar-refractivity contribution in [1.82, 2.24) is 4.90 Å². The number of carbonyl (C=O) groups excluding carboxylic acids is 3. The molecule has 0 aromatic carbocycles. The molecule has 1 rings (SSSR count). The molecule has 0 saturated carbocycles. The van der Waals surface area contributed by atoms with E-state index in [1.165, 1.54) is 7.11 Å². The van der Waals surface area contributed by atoms with Crippen LogP contribution in [0.1, 0.15) is 19.3 Å². The van der Waals surface area contributed by atoms with Gasteiger partial charge in [0.1, 0.15) is 6.04 Å². The normalized spacial score (nSPS) is 18.9. The van der Waals surface area contributed by atoms with Gasteiger partial charge in [-0.2, -0.15) is 0 Å². The second kappa shape index (κ2) is 4.88. The molecule has 6 heteroatoms. The van der Waals surface area contributed by atoms with E-state index in [4.69, 9.17) is 5.73 Å². The molecule has 15 heavy (non-hydrogen) atoms. The first-order valence-corrected chi connectivity index (χ1v) is 4.73. The van der Waals surface area contributed by atoms with Crippen LogP contribution in [0.15, 0.2) is 0 Å². The molecule has 1 saturated heterocycles. The summed E-state index contributed by atoms with van der Waals surface area (Å²) in [5, 5.41) is 0. The van der Waals surface area contributed by atoms with Gasteiger partial charge in [0, 0.05) is 12.8 Å². The van der Waals surface area contributed by atoms with Crippen molar-refractivity contribution in [1.29, 1.82) is 0 Å². The summed E-state index contributed by atoms with van der Waals surface area (Å²) in [7, 11) is 1.21. The SMILES string of the molecule is COC(=O)C(N)CN1C(=O)CCCC1=O. The number of imide groups is 1. The summed E-state index contributed by atoms with van der Waals surface area (Å²) in [5.74, 6) is -1.17. The zero-order chi connectivity index (χ0) is 11.4. The van der Waals surface area contributed by atoms with Crippen LogP contribution in [0.2, 0.25) is 0 Å². The Morgan fingerprint density at radius 3 is 2.47 bits per heavy atom. The molecule has 0 aliphatic carbocycles. The van der Waals surface area contributed by atoms with Crippen LogP contribution in [0, 0.1) is 0 Å². The van der Waals surface area contributed by atoms with E-state index >= 15 is 0 Å². The number of ether oxygens (including phenoxy) is 1. The van der Waals surface area contributed by atoms with Crippen molar-refractivity contribution in [2.24, 2.45) is 5.73 Å². The largest absolute Gasteiger partial charge is 0.468 e. The number of nitrogens with two attached hydrogens (primary N) is 1. The first-order chi connectivity index (χ1) is 7.06. The molecule has 1 heterocycles. The summed E-state index contributed by atoms with van der Waals surface area (Å²) in [5.41, 5.74) is 5.46. The monoisotopic (exact) mass is 214 g/mol. The molecule has 1 aliphatic rings. The fourth-order valence-electron chi connectivity index (χ4n) is 1.43. The van der Waals surface area contributed by atoms with Gasteiger partial charge < -0.3 is 10.5 Å². The molecule has 2 N–H and O–H groups in total. The lowest BCUT2D eigenvalue weighted by molar-refractivity contribution is -0.150. The number of rotatable bonds is 3. The van der Waals surface area contributed by atoms with E-state index in [0.29, 0.717) is 19.3 Å². The Morgan fingerprint density at radius 2 is 2.00 bits per heavy atom. The van der Waals surface area contributed by atoms with Crippen LogP contribution in [0.3, 0.4) is 0 Å². The van der Waals surface area contributed by atoms with E-state index < -0.39 is 12.0 Å². The smallest absolute Gasteiger partial charge is 0.324 e. The first kappa shape index (κ1) is 11.6. The highest BCUT2D eigenvalue weighted by molar-refractivity contribution is 5.98. The zero-order valence-electron chi connectivity index (χ0n) is 8.56. The number of piperidine rings is 1. The van der Waals surface area contributed by atoms with E-state index in [2.05, 4.69) is 4.74 Å².